The lowest BCUT2D eigenvalue weighted by Gasteiger charge is -2.14. The molecule has 3 rings (SSSR count). The van der Waals surface area contributed by atoms with E-state index in [-0.39, 0.29) is 0 Å². The third-order valence-electron chi connectivity index (χ3n) is 3.99. The molecule has 0 unspecified atom stereocenters. The molecule has 0 aliphatic carbocycles. The van der Waals surface area contributed by atoms with Gasteiger partial charge in [0.15, 0.2) is 0 Å². The van der Waals surface area contributed by atoms with Crippen LogP contribution in [0.5, 0.6) is 0 Å². The lowest BCUT2D eigenvalue weighted by Crippen LogP contribution is -2.20. The van der Waals surface area contributed by atoms with E-state index in [4.69, 9.17) is 0 Å². The van der Waals surface area contributed by atoms with Crippen molar-refractivity contribution in [2.75, 3.05) is 31.5 Å². The van der Waals surface area contributed by atoms with Gasteiger partial charge in [-0.25, -0.2) is 9.97 Å². The Morgan fingerprint density at radius 2 is 2.00 bits per heavy atom. The third-order valence-corrected chi connectivity index (χ3v) is 4.48. The average molecular weight is 349 g/mol. The number of rotatable bonds is 6. The average Bonchev–Trinajstić information content (AvgIpc) is 3.00. The smallest absolute Gasteiger partial charge is 0.137 e. The van der Waals surface area contributed by atoms with Crippen LogP contribution in [-0.2, 0) is 0 Å². The third kappa shape index (κ3) is 3.92. The van der Waals surface area contributed by atoms with Gasteiger partial charge in [-0.1, -0.05) is 15.9 Å². The van der Waals surface area contributed by atoms with Crippen molar-refractivity contribution >= 4 is 32.7 Å². The number of likely N-dealkylation sites (tertiary alicyclic amines) is 1. The van der Waals surface area contributed by atoms with E-state index in [0.29, 0.717) is 0 Å². The van der Waals surface area contributed by atoms with Crippen LogP contribution in [0.2, 0.25) is 0 Å². The Morgan fingerprint density at radius 1 is 1.14 bits per heavy atom. The topological polar surface area (TPSA) is 41.1 Å². The minimum Gasteiger partial charge on any atom is -0.369 e. The Bertz CT molecular complexity index is 596. The number of unbranched alkanes of at least 4 members (excludes halogenated alkanes) is 1. The molecule has 2 aromatic rings. The van der Waals surface area contributed by atoms with Crippen LogP contribution >= 0.6 is 15.9 Å². The maximum absolute atomic E-state index is 4.37. The lowest BCUT2D eigenvalue weighted by molar-refractivity contribution is 0.331. The number of halogens is 1. The highest BCUT2D eigenvalue weighted by Crippen LogP contribution is 2.23. The summed E-state index contributed by atoms with van der Waals surface area (Å²) in [5.74, 6) is 0.933. The summed E-state index contributed by atoms with van der Waals surface area (Å²) >= 11 is 3.51. The molecule has 1 fully saturated rings. The van der Waals surface area contributed by atoms with E-state index in [1.165, 1.54) is 45.3 Å². The van der Waals surface area contributed by atoms with Crippen LogP contribution in [0.3, 0.4) is 0 Å². The van der Waals surface area contributed by atoms with Crippen LogP contribution in [0.4, 0.5) is 5.82 Å². The van der Waals surface area contributed by atoms with Crippen LogP contribution in [0.1, 0.15) is 25.7 Å². The van der Waals surface area contributed by atoms with Crippen molar-refractivity contribution in [2.24, 2.45) is 0 Å². The minimum atomic E-state index is 0.933. The molecular formula is C16H21BrN4. The number of aromatic nitrogens is 2. The van der Waals surface area contributed by atoms with E-state index >= 15 is 0 Å². The van der Waals surface area contributed by atoms with Crippen LogP contribution in [-0.4, -0.2) is 41.0 Å². The summed E-state index contributed by atoms with van der Waals surface area (Å²) in [4.78, 5) is 11.2. The summed E-state index contributed by atoms with van der Waals surface area (Å²) in [6, 6.07) is 6.09. The second-order valence-corrected chi connectivity index (χ2v) is 6.48. The summed E-state index contributed by atoms with van der Waals surface area (Å²) in [5.41, 5.74) is 0.979. The van der Waals surface area contributed by atoms with Crippen molar-refractivity contribution < 1.29 is 0 Å². The number of hydrogen-bond acceptors (Lipinski definition) is 4. The molecule has 21 heavy (non-hydrogen) atoms. The van der Waals surface area contributed by atoms with Gasteiger partial charge in [0.2, 0.25) is 0 Å². The summed E-state index contributed by atoms with van der Waals surface area (Å²) in [5, 5.41) is 4.53. The van der Waals surface area contributed by atoms with Gasteiger partial charge >= 0.3 is 0 Å². The second-order valence-electron chi connectivity index (χ2n) is 5.57. The Balaban J connectivity index is 1.51. The van der Waals surface area contributed by atoms with E-state index in [1.807, 2.05) is 12.1 Å². The molecule has 0 spiro atoms. The van der Waals surface area contributed by atoms with Crippen molar-refractivity contribution in [3.63, 3.8) is 0 Å². The normalized spacial score (nSPS) is 15.7. The van der Waals surface area contributed by atoms with Gasteiger partial charge in [-0.15, -0.1) is 0 Å². The zero-order valence-electron chi connectivity index (χ0n) is 12.2. The highest BCUT2D eigenvalue weighted by atomic mass is 79.9. The first-order chi connectivity index (χ1) is 10.3. The molecular weight excluding hydrogens is 328 g/mol. The number of hydrogen-bond donors (Lipinski definition) is 1. The standard InChI is InChI=1S/C16H21BrN4/c17-13-5-6-15-14(11-13)16(20-12-19-15)18-7-1-2-8-21-9-3-4-10-21/h5-6,11-12H,1-4,7-10H2,(H,18,19,20). The maximum atomic E-state index is 4.37. The lowest BCUT2D eigenvalue weighted by atomic mass is 10.2. The van der Waals surface area contributed by atoms with Crippen LogP contribution in [0.15, 0.2) is 29.0 Å². The van der Waals surface area contributed by atoms with Gasteiger partial charge in [-0.2, -0.15) is 0 Å². The van der Waals surface area contributed by atoms with E-state index in [1.54, 1.807) is 6.33 Å². The Morgan fingerprint density at radius 3 is 2.86 bits per heavy atom. The molecule has 0 atom stereocenters. The van der Waals surface area contributed by atoms with Crippen molar-refractivity contribution in [3.05, 3.63) is 29.0 Å². The van der Waals surface area contributed by atoms with Gasteiger partial charge in [0.05, 0.1) is 5.52 Å². The predicted molar refractivity (Wildman–Crippen MR) is 90.6 cm³/mol. The highest BCUT2D eigenvalue weighted by Gasteiger charge is 2.10. The number of fused-ring (bicyclic) bond motifs is 1. The quantitative estimate of drug-likeness (QED) is 0.808. The van der Waals surface area contributed by atoms with Gasteiger partial charge in [-0.05, 0) is 63.5 Å². The Labute approximate surface area is 134 Å². The second kappa shape index (κ2) is 7.18. The largest absolute Gasteiger partial charge is 0.369 e. The van der Waals surface area contributed by atoms with Gasteiger partial charge < -0.3 is 10.2 Å². The number of nitrogens with one attached hydrogen (secondary N) is 1. The molecule has 1 N–H and O–H groups in total. The predicted octanol–water partition coefficient (Wildman–Crippen LogP) is 3.68. The fraction of sp³-hybridized carbons (Fsp3) is 0.500. The van der Waals surface area contributed by atoms with Gasteiger partial charge in [-0.3, -0.25) is 0 Å². The first-order valence-electron chi connectivity index (χ1n) is 7.69. The number of nitrogens with zero attached hydrogens (tertiary/aromatic N) is 3. The molecule has 1 aliphatic rings. The molecule has 1 saturated heterocycles. The SMILES string of the molecule is Brc1ccc2ncnc(NCCCCN3CCCC3)c2c1. The van der Waals surface area contributed by atoms with Gasteiger partial charge in [0.1, 0.15) is 12.1 Å². The summed E-state index contributed by atoms with van der Waals surface area (Å²) in [7, 11) is 0. The van der Waals surface area contributed by atoms with Crippen LogP contribution in [0, 0.1) is 0 Å². The number of benzene rings is 1. The van der Waals surface area contributed by atoms with Gasteiger partial charge in [0.25, 0.3) is 0 Å². The van der Waals surface area contributed by atoms with E-state index in [9.17, 15) is 0 Å². The first kappa shape index (κ1) is 14.7. The van der Waals surface area contributed by atoms with Crippen molar-refractivity contribution in [3.8, 4) is 0 Å². The number of anilines is 1. The highest BCUT2D eigenvalue weighted by molar-refractivity contribution is 9.10. The molecule has 0 amide bonds. The Hall–Kier alpha value is -1.20. The van der Waals surface area contributed by atoms with Crippen molar-refractivity contribution in [2.45, 2.75) is 25.7 Å². The molecule has 1 aromatic carbocycles. The zero-order chi connectivity index (χ0) is 14.5. The molecule has 0 saturated carbocycles. The molecule has 0 bridgehead atoms. The summed E-state index contributed by atoms with van der Waals surface area (Å²) < 4.78 is 1.06. The zero-order valence-corrected chi connectivity index (χ0v) is 13.8. The molecule has 0 radical (unpaired) electrons. The molecule has 1 aliphatic heterocycles. The molecule has 1 aromatic heterocycles. The first-order valence-corrected chi connectivity index (χ1v) is 8.49. The molecule has 112 valence electrons. The molecule has 5 heteroatoms. The minimum absolute atomic E-state index is 0.933. The molecule has 4 nitrogen and oxygen atoms in total. The summed E-state index contributed by atoms with van der Waals surface area (Å²) in [6.45, 7) is 4.78. The fourth-order valence-electron chi connectivity index (χ4n) is 2.84. The Kier molecular flexibility index (Phi) is 5.04. The van der Waals surface area contributed by atoms with Crippen LogP contribution in [0.25, 0.3) is 10.9 Å². The maximum Gasteiger partial charge on any atom is 0.137 e. The van der Waals surface area contributed by atoms with E-state index in [2.05, 4.69) is 42.2 Å². The van der Waals surface area contributed by atoms with Crippen molar-refractivity contribution in [1.82, 2.24) is 14.9 Å². The van der Waals surface area contributed by atoms with Gasteiger partial charge in [0, 0.05) is 16.4 Å². The van der Waals surface area contributed by atoms with E-state index < -0.39 is 0 Å². The van der Waals surface area contributed by atoms with E-state index in [0.717, 1.165) is 27.7 Å². The molecule has 2 heterocycles. The van der Waals surface area contributed by atoms with Crippen LogP contribution < -0.4 is 5.32 Å². The monoisotopic (exact) mass is 348 g/mol. The fourth-order valence-corrected chi connectivity index (χ4v) is 3.20. The van der Waals surface area contributed by atoms with Crippen molar-refractivity contribution in [1.29, 1.82) is 0 Å². The summed E-state index contributed by atoms with van der Waals surface area (Å²) in [6.07, 6.45) is 6.80.